The predicted molar refractivity (Wildman–Crippen MR) is 117 cm³/mol. The van der Waals surface area contributed by atoms with Crippen molar-refractivity contribution < 1.29 is 23.6 Å². The van der Waals surface area contributed by atoms with E-state index in [-0.39, 0.29) is 17.6 Å². The molecule has 0 aliphatic carbocycles. The molecule has 1 atom stereocenters. The van der Waals surface area contributed by atoms with E-state index in [0.717, 1.165) is 11.1 Å². The first kappa shape index (κ1) is 22.1. The van der Waals surface area contributed by atoms with Crippen LogP contribution in [0.5, 0.6) is 17.2 Å². The molecule has 0 aliphatic rings. The van der Waals surface area contributed by atoms with Crippen LogP contribution in [-0.2, 0) is 4.79 Å². The van der Waals surface area contributed by atoms with E-state index in [1.165, 1.54) is 0 Å². The third kappa shape index (κ3) is 4.96. The summed E-state index contributed by atoms with van der Waals surface area (Å²) in [6.45, 7) is 7.83. The lowest BCUT2D eigenvalue weighted by Gasteiger charge is -2.19. The van der Waals surface area contributed by atoms with E-state index in [4.69, 9.17) is 18.8 Å². The normalized spacial score (nSPS) is 11.8. The lowest BCUT2D eigenvalue weighted by atomic mass is 10.0. The molecule has 8 nitrogen and oxygen atoms in total. The zero-order valence-corrected chi connectivity index (χ0v) is 18.6. The van der Waals surface area contributed by atoms with Crippen LogP contribution < -0.4 is 19.5 Å². The first-order valence-electron chi connectivity index (χ1n) is 9.97. The summed E-state index contributed by atoms with van der Waals surface area (Å²) in [7, 11) is 3.10. The van der Waals surface area contributed by atoms with Gasteiger partial charge >= 0.3 is 0 Å². The van der Waals surface area contributed by atoms with Crippen molar-refractivity contribution in [1.82, 2.24) is 10.3 Å². The second-order valence-corrected chi connectivity index (χ2v) is 7.48. The highest BCUT2D eigenvalue weighted by Gasteiger charge is 2.22. The smallest absolute Gasteiger partial charge is 0.266 e. The van der Waals surface area contributed by atoms with Crippen molar-refractivity contribution in [2.45, 2.75) is 39.7 Å². The van der Waals surface area contributed by atoms with E-state index >= 15 is 0 Å². The van der Waals surface area contributed by atoms with Crippen molar-refractivity contribution in [2.75, 3.05) is 19.5 Å². The average Bonchev–Trinajstić information content (AvgIpc) is 3.21. The van der Waals surface area contributed by atoms with E-state index in [0.29, 0.717) is 28.5 Å². The van der Waals surface area contributed by atoms with Crippen LogP contribution in [-0.4, -0.2) is 36.5 Å². The van der Waals surface area contributed by atoms with E-state index in [9.17, 15) is 4.79 Å². The summed E-state index contributed by atoms with van der Waals surface area (Å²) in [5.41, 5.74) is 3.13. The fraction of sp³-hybridized carbons (Fsp3) is 0.348. The monoisotopic (exact) mass is 425 g/mol. The number of carbonyl (C=O) groups is 1. The Kier molecular flexibility index (Phi) is 6.79. The van der Waals surface area contributed by atoms with Crippen LogP contribution in [0.3, 0.4) is 0 Å². The molecule has 0 unspecified atom stereocenters. The Balaban J connectivity index is 1.78. The first-order valence-corrected chi connectivity index (χ1v) is 9.97. The van der Waals surface area contributed by atoms with Gasteiger partial charge in [-0.05, 0) is 65.5 Å². The molecule has 1 aromatic heterocycles. The molecule has 0 saturated carbocycles. The van der Waals surface area contributed by atoms with Gasteiger partial charge in [-0.2, -0.15) is 0 Å². The van der Waals surface area contributed by atoms with Gasteiger partial charge in [-0.15, -0.1) is 0 Å². The summed E-state index contributed by atoms with van der Waals surface area (Å²) in [4.78, 5) is 12.8. The van der Waals surface area contributed by atoms with Crippen LogP contribution >= 0.6 is 0 Å². The van der Waals surface area contributed by atoms with Crippen molar-refractivity contribution in [2.24, 2.45) is 0 Å². The predicted octanol–water partition coefficient (Wildman–Crippen LogP) is 4.59. The number of benzene rings is 2. The number of carbonyl (C=O) groups excluding carboxylic acids is 1. The number of hydrogen-bond donors (Lipinski definition) is 1. The quantitative estimate of drug-likeness (QED) is 0.564. The Labute approximate surface area is 181 Å². The van der Waals surface area contributed by atoms with Crippen molar-refractivity contribution in [3.8, 4) is 28.5 Å². The van der Waals surface area contributed by atoms with E-state index in [1.807, 2.05) is 25.1 Å². The molecule has 1 heterocycles. The lowest BCUT2D eigenvalue weighted by Crippen LogP contribution is -2.30. The van der Waals surface area contributed by atoms with Crippen LogP contribution in [0.1, 0.15) is 37.8 Å². The molecule has 1 amide bonds. The van der Waals surface area contributed by atoms with Crippen molar-refractivity contribution >= 4 is 11.7 Å². The van der Waals surface area contributed by atoms with E-state index < -0.39 is 6.10 Å². The molecule has 3 rings (SSSR count). The molecule has 0 saturated heterocycles. The zero-order valence-electron chi connectivity index (χ0n) is 18.6. The van der Waals surface area contributed by atoms with Crippen LogP contribution in [0.2, 0.25) is 0 Å². The average molecular weight is 425 g/mol. The molecule has 3 aromatic rings. The van der Waals surface area contributed by atoms with Gasteiger partial charge in [-0.3, -0.25) is 4.79 Å². The third-order valence-electron chi connectivity index (χ3n) is 4.85. The summed E-state index contributed by atoms with van der Waals surface area (Å²) < 4.78 is 21.4. The van der Waals surface area contributed by atoms with Gasteiger partial charge in [-0.1, -0.05) is 26.0 Å². The number of hydrogen-bond acceptors (Lipinski definition) is 7. The molecule has 0 spiro atoms. The second-order valence-electron chi connectivity index (χ2n) is 7.48. The molecular formula is C23H27N3O5. The molecule has 0 aliphatic heterocycles. The van der Waals surface area contributed by atoms with Gasteiger partial charge in [0.05, 0.1) is 14.2 Å². The molecule has 1 N–H and O–H groups in total. The Hall–Kier alpha value is -3.55. The standard InChI is InChI=1S/C23H27N3O5/c1-13(2)17-9-7-14(3)11-19(17)30-15(4)23(27)24-22-21(25-31-26-22)16-8-10-18(28-5)20(12-16)29-6/h7-13,15H,1-6H3,(H,24,26,27)/t15-/m1/s1. The highest BCUT2D eigenvalue weighted by molar-refractivity contribution is 5.96. The minimum absolute atomic E-state index is 0.195. The summed E-state index contributed by atoms with van der Waals surface area (Å²) in [5, 5.41) is 10.5. The molecule has 8 heteroatoms. The van der Waals surface area contributed by atoms with E-state index in [2.05, 4.69) is 29.5 Å². The van der Waals surface area contributed by atoms with Crippen LogP contribution in [0, 0.1) is 6.92 Å². The third-order valence-corrected chi connectivity index (χ3v) is 4.85. The van der Waals surface area contributed by atoms with Crippen molar-refractivity contribution in [3.63, 3.8) is 0 Å². The van der Waals surface area contributed by atoms with Crippen molar-refractivity contribution in [3.05, 3.63) is 47.5 Å². The summed E-state index contributed by atoms with van der Waals surface area (Å²) in [5.74, 6) is 1.89. The Morgan fingerprint density at radius 3 is 2.39 bits per heavy atom. The van der Waals surface area contributed by atoms with Gasteiger partial charge < -0.3 is 19.5 Å². The Morgan fingerprint density at radius 2 is 1.71 bits per heavy atom. The zero-order chi connectivity index (χ0) is 22.5. The van der Waals surface area contributed by atoms with Gasteiger partial charge in [-0.25, -0.2) is 4.63 Å². The minimum atomic E-state index is -0.755. The molecule has 0 fully saturated rings. The number of nitrogens with one attached hydrogen (secondary N) is 1. The van der Waals surface area contributed by atoms with Gasteiger partial charge in [0, 0.05) is 5.56 Å². The van der Waals surface area contributed by atoms with Crippen molar-refractivity contribution in [1.29, 1.82) is 0 Å². The van der Waals surface area contributed by atoms with Gasteiger partial charge in [0.25, 0.3) is 5.91 Å². The number of rotatable bonds is 8. The molecule has 164 valence electrons. The second kappa shape index (κ2) is 9.51. The highest BCUT2D eigenvalue weighted by atomic mass is 16.6. The summed E-state index contributed by atoms with van der Waals surface area (Å²) in [6.07, 6.45) is -0.755. The largest absolute Gasteiger partial charge is 0.493 e. The number of ether oxygens (including phenoxy) is 3. The maximum absolute atomic E-state index is 12.8. The summed E-state index contributed by atoms with van der Waals surface area (Å²) in [6, 6.07) is 11.2. The summed E-state index contributed by atoms with van der Waals surface area (Å²) >= 11 is 0. The Morgan fingerprint density at radius 1 is 0.968 bits per heavy atom. The fourth-order valence-electron chi connectivity index (χ4n) is 3.13. The number of nitrogens with zero attached hydrogens (tertiary/aromatic N) is 2. The fourth-order valence-corrected chi connectivity index (χ4v) is 3.13. The van der Waals surface area contributed by atoms with Gasteiger partial charge in [0.1, 0.15) is 5.75 Å². The first-order chi connectivity index (χ1) is 14.8. The van der Waals surface area contributed by atoms with Crippen LogP contribution in [0.25, 0.3) is 11.3 Å². The number of amides is 1. The SMILES string of the molecule is COc1ccc(-c2nonc2NC(=O)[C@@H](C)Oc2cc(C)ccc2C(C)C)cc1OC. The molecule has 31 heavy (non-hydrogen) atoms. The maximum Gasteiger partial charge on any atom is 0.266 e. The number of methoxy groups -OCH3 is 2. The molecule has 2 aromatic carbocycles. The lowest BCUT2D eigenvalue weighted by molar-refractivity contribution is -0.122. The number of aromatic nitrogens is 2. The van der Waals surface area contributed by atoms with Crippen LogP contribution in [0.4, 0.5) is 5.82 Å². The number of aryl methyl sites for hydroxylation is 1. The molecule has 0 bridgehead atoms. The maximum atomic E-state index is 12.8. The van der Waals surface area contributed by atoms with Crippen LogP contribution in [0.15, 0.2) is 41.0 Å². The van der Waals surface area contributed by atoms with Gasteiger partial charge in [0.2, 0.25) is 5.82 Å². The minimum Gasteiger partial charge on any atom is -0.493 e. The molecular weight excluding hydrogens is 398 g/mol. The number of anilines is 1. The Bertz CT molecular complexity index is 1060. The van der Waals surface area contributed by atoms with E-state index in [1.54, 1.807) is 39.3 Å². The topological polar surface area (TPSA) is 95.7 Å². The molecule has 0 radical (unpaired) electrons. The van der Waals surface area contributed by atoms with Gasteiger partial charge in [0.15, 0.2) is 23.3 Å². The highest BCUT2D eigenvalue weighted by Crippen LogP contribution is 2.34.